The van der Waals surface area contributed by atoms with Crippen molar-refractivity contribution in [2.24, 2.45) is 5.92 Å². The van der Waals surface area contributed by atoms with Gasteiger partial charge >= 0.3 is 0 Å². The molecule has 1 saturated heterocycles. The molecule has 0 bridgehead atoms. The largest absolute Gasteiger partial charge is 0.381 e. The third-order valence-electron chi connectivity index (χ3n) is 3.83. The van der Waals surface area contributed by atoms with E-state index in [-0.39, 0.29) is 0 Å². The van der Waals surface area contributed by atoms with E-state index in [1.54, 1.807) is 0 Å². The quantitative estimate of drug-likeness (QED) is 0.885. The van der Waals surface area contributed by atoms with Crippen LogP contribution in [0.4, 0.5) is 0 Å². The van der Waals surface area contributed by atoms with Crippen LogP contribution in [0.15, 0.2) is 12.3 Å². The van der Waals surface area contributed by atoms with Crippen LogP contribution >= 0.6 is 0 Å². The number of aryl methyl sites for hydroxylation is 2. The number of hydrogen-bond acceptors (Lipinski definition) is 3. The summed E-state index contributed by atoms with van der Waals surface area (Å²) < 4.78 is 5.66. The Bertz CT molecular complexity index is 400. The summed E-state index contributed by atoms with van der Waals surface area (Å²) in [5.41, 5.74) is 3.73. The van der Waals surface area contributed by atoms with Gasteiger partial charge in [0.2, 0.25) is 0 Å². The first-order valence-corrected chi connectivity index (χ1v) is 7.46. The highest BCUT2D eigenvalue weighted by Gasteiger charge is 2.27. The maximum absolute atomic E-state index is 5.66. The zero-order valence-corrected chi connectivity index (χ0v) is 12.4. The average molecular weight is 262 g/mol. The van der Waals surface area contributed by atoms with Crippen molar-refractivity contribution in [3.8, 4) is 0 Å². The molecule has 1 aromatic heterocycles. The average Bonchev–Trinajstić information content (AvgIpc) is 2.42. The minimum absolute atomic E-state index is 0.334. The molecule has 0 amide bonds. The third kappa shape index (κ3) is 3.77. The molecule has 2 atom stereocenters. The van der Waals surface area contributed by atoms with E-state index < -0.39 is 0 Å². The zero-order valence-electron chi connectivity index (χ0n) is 12.4. The fourth-order valence-electron chi connectivity index (χ4n) is 2.87. The lowest BCUT2D eigenvalue weighted by Gasteiger charge is -2.31. The zero-order chi connectivity index (χ0) is 13.7. The summed E-state index contributed by atoms with van der Waals surface area (Å²) in [4.78, 5) is 4.69. The minimum Gasteiger partial charge on any atom is -0.381 e. The van der Waals surface area contributed by atoms with Crippen LogP contribution in [0, 0.1) is 19.8 Å². The minimum atomic E-state index is 0.334. The Morgan fingerprint density at radius 2 is 2.32 bits per heavy atom. The van der Waals surface area contributed by atoms with Crippen LogP contribution in [0.5, 0.6) is 0 Å². The maximum Gasteiger partial charge on any atom is 0.0606 e. The normalized spacial score (nSPS) is 21.3. The summed E-state index contributed by atoms with van der Waals surface area (Å²) in [5, 5.41) is 3.67. The second kappa shape index (κ2) is 7.01. The maximum atomic E-state index is 5.66. The van der Waals surface area contributed by atoms with E-state index in [0.717, 1.165) is 26.2 Å². The number of ether oxygens (including phenoxy) is 1. The SMILES string of the molecule is CCCNC(c1ncc(C)cc1C)C1CCCOC1. The molecule has 0 saturated carbocycles. The van der Waals surface area contributed by atoms with Gasteiger partial charge in [0.1, 0.15) is 0 Å². The molecule has 1 aliphatic heterocycles. The molecule has 1 aromatic rings. The smallest absolute Gasteiger partial charge is 0.0606 e. The number of pyridine rings is 1. The molecule has 0 spiro atoms. The van der Waals surface area contributed by atoms with Gasteiger partial charge in [-0.1, -0.05) is 13.0 Å². The fourth-order valence-corrected chi connectivity index (χ4v) is 2.87. The predicted molar refractivity (Wildman–Crippen MR) is 78.3 cm³/mol. The van der Waals surface area contributed by atoms with E-state index in [1.165, 1.54) is 29.7 Å². The molecule has 0 radical (unpaired) electrons. The third-order valence-corrected chi connectivity index (χ3v) is 3.83. The Morgan fingerprint density at radius 1 is 1.47 bits per heavy atom. The van der Waals surface area contributed by atoms with Crippen LogP contribution in [-0.2, 0) is 4.74 Å². The van der Waals surface area contributed by atoms with Gasteiger partial charge in [0, 0.05) is 18.7 Å². The molecule has 0 aromatic carbocycles. The van der Waals surface area contributed by atoms with Crippen LogP contribution in [0.25, 0.3) is 0 Å². The lowest BCUT2D eigenvalue weighted by atomic mass is 9.89. The van der Waals surface area contributed by atoms with Gasteiger partial charge in [-0.15, -0.1) is 0 Å². The van der Waals surface area contributed by atoms with E-state index in [4.69, 9.17) is 4.74 Å². The molecule has 3 nitrogen and oxygen atoms in total. The van der Waals surface area contributed by atoms with Gasteiger partial charge in [0.15, 0.2) is 0 Å². The Balaban J connectivity index is 2.19. The van der Waals surface area contributed by atoms with Crippen LogP contribution in [0.1, 0.15) is 49.0 Å². The fraction of sp³-hybridized carbons (Fsp3) is 0.688. The topological polar surface area (TPSA) is 34.2 Å². The van der Waals surface area contributed by atoms with Gasteiger partial charge in [-0.2, -0.15) is 0 Å². The molecule has 2 rings (SSSR count). The van der Waals surface area contributed by atoms with Crippen molar-refractivity contribution in [1.82, 2.24) is 10.3 Å². The van der Waals surface area contributed by atoms with Crippen molar-refractivity contribution >= 4 is 0 Å². The second-order valence-electron chi connectivity index (χ2n) is 5.62. The molecular weight excluding hydrogens is 236 g/mol. The summed E-state index contributed by atoms with van der Waals surface area (Å²) in [6.45, 7) is 9.28. The van der Waals surface area contributed by atoms with E-state index in [0.29, 0.717) is 12.0 Å². The molecule has 106 valence electrons. The van der Waals surface area contributed by atoms with Gasteiger partial charge in [-0.25, -0.2) is 0 Å². The van der Waals surface area contributed by atoms with Crippen LogP contribution < -0.4 is 5.32 Å². The first-order chi connectivity index (χ1) is 9.22. The van der Waals surface area contributed by atoms with E-state index in [2.05, 4.69) is 37.1 Å². The number of aromatic nitrogens is 1. The van der Waals surface area contributed by atoms with Gasteiger partial charge in [-0.05, 0) is 50.8 Å². The number of nitrogens with zero attached hydrogens (tertiary/aromatic N) is 1. The Kier molecular flexibility index (Phi) is 5.34. The predicted octanol–water partition coefficient (Wildman–Crippen LogP) is 3.17. The van der Waals surface area contributed by atoms with E-state index in [9.17, 15) is 0 Å². The highest BCUT2D eigenvalue weighted by molar-refractivity contribution is 5.26. The summed E-state index contributed by atoms with van der Waals surface area (Å²) >= 11 is 0. The van der Waals surface area contributed by atoms with Gasteiger partial charge in [-0.3, -0.25) is 4.98 Å². The van der Waals surface area contributed by atoms with E-state index >= 15 is 0 Å². The molecule has 1 N–H and O–H groups in total. The monoisotopic (exact) mass is 262 g/mol. The van der Waals surface area contributed by atoms with Crippen molar-refractivity contribution in [2.45, 2.75) is 46.1 Å². The first-order valence-electron chi connectivity index (χ1n) is 7.46. The molecule has 2 unspecified atom stereocenters. The van der Waals surface area contributed by atoms with Crippen molar-refractivity contribution < 1.29 is 4.74 Å². The Labute approximate surface area is 116 Å². The van der Waals surface area contributed by atoms with Crippen LogP contribution in [0.2, 0.25) is 0 Å². The van der Waals surface area contributed by atoms with Gasteiger partial charge < -0.3 is 10.1 Å². The standard InChI is InChI=1S/C16H26N2O/c1-4-7-17-16(14-6-5-8-19-11-14)15-13(3)9-12(2)10-18-15/h9-10,14,16-17H,4-8,11H2,1-3H3. The summed E-state index contributed by atoms with van der Waals surface area (Å²) in [5.74, 6) is 0.550. The first kappa shape index (κ1) is 14.5. The van der Waals surface area contributed by atoms with Gasteiger partial charge in [0.25, 0.3) is 0 Å². The second-order valence-corrected chi connectivity index (χ2v) is 5.62. The van der Waals surface area contributed by atoms with Crippen molar-refractivity contribution in [3.63, 3.8) is 0 Å². The molecular formula is C16H26N2O. The summed E-state index contributed by atoms with van der Waals surface area (Å²) in [7, 11) is 0. The molecule has 1 fully saturated rings. The molecule has 2 heterocycles. The highest BCUT2D eigenvalue weighted by Crippen LogP contribution is 2.29. The molecule has 19 heavy (non-hydrogen) atoms. The molecule has 3 heteroatoms. The number of rotatable bonds is 5. The van der Waals surface area contributed by atoms with E-state index in [1.807, 2.05) is 6.20 Å². The summed E-state index contributed by atoms with van der Waals surface area (Å²) in [6.07, 6.45) is 5.53. The molecule has 1 aliphatic rings. The highest BCUT2D eigenvalue weighted by atomic mass is 16.5. The molecule has 0 aliphatic carbocycles. The van der Waals surface area contributed by atoms with Crippen LogP contribution in [0.3, 0.4) is 0 Å². The number of nitrogens with one attached hydrogen (secondary N) is 1. The van der Waals surface area contributed by atoms with Crippen LogP contribution in [-0.4, -0.2) is 24.7 Å². The Morgan fingerprint density at radius 3 is 2.95 bits per heavy atom. The van der Waals surface area contributed by atoms with Crippen molar-refractivity contribution in [1.29, 1.82) is 0 Å². The van der Waals surface area contributed by atoms with Gasteiger partial charge in [0.05, 0.1) is 18.3 Å². The van der Waals surface area contributed by atoms with Crippen molar-refractivity contribution in [3.05, 3.63) is 29.1 Å². The summed E-state index contributed by atoms with van der Waals surface area (Å²) in [6, 6.07) is 2.56. The lowest BCUT2D eigenvalue weighted by Crippen LogP contribution is -2.35. The number of hydrogen-bond donors (Lipinski definition) is 1. The lowest BCUT2D eigenvalue weighted by molar-refractivity contribution is 0.0383. The van der Waals surface area contributed by atoms with Crippen molar-refractivity contribution in [2.75, 3.05) is 19.8 Å². The Hall–Kier alpha value is -0.930.